The van der Waals surface area contributed by atoms with Crippen molar-refractivity contribution in [2.45, 2.75) is 30.2 Å². The Balaban J connectivity index is 1.70. The van der Waals surface area contributed by atoms with Gasteiger partial charge in [0.05, 0.1) is 12.2 Å². The van der Waals surface area contributed by atoms with Crippen LogP contribution in [-0.2, 0) is 17.6 Å². The first-order chi connectivity index (χ1) is 15.0. The molecular formula is C23H22ClN3O3S. The number of rotatable bonds is 6. The predicted molar refractivity (Wildman–Crippen MR) is 123 cm³/mol. The van der Waals surface area contributed by atoms with Gasteiger partial charge in [-0.3, -0.25) is 9.59 Å². The number of benzene rings is 2. The van der Waals surface area contributed by atoms with Gasteiger partial charge in [-0.05, 0) is 42.3 Å². The zero-order valence-corrected chi connectivity index (χ0v) is 18.8. The maximum absolute atomic E-state index is 13.1. The third kappa shape index (κ3) is 4.62. The quantitative estimate of drug-likeness (QED) is 0.434. The van der Waals surface area contributed by atoms with Crippen molar-refractivity contribution in [3.8, 4) is 5.75 Å². The SMILES string of the molecule is CCOc1cccc(C2CC(=O)Nc3c2c(=O)nc(SCc2cccc(Cl)c2)n3C)c1. The minimum absolute atomic E-state index is 0.133. The fourth-order valence-electron chi connectivity index (χ4n) is 3.71. The summed E-state index contributed by atoms with van der Waals surface area (Å²) in [5.41, 5.74) is 2.07. The molecule has 1 atom stereocenters. The van der Waals surface area contributed by atoms with E-state index in [1.54, 1.807) is 4.57 Å². The monoisotopic (exact) mass is 455 g/mol. The van der Waals surface area contributed by atoms with Gasteiger partial charge in [-0.15, -0.1) is 0 Å². The number of hydrogen-bond acceptors (Lipinski definition) is 5. The van der Waals surface area contributed by atoms with Crippen molar-refractivity contribution in [2.75, 3.05) is 11.9 Å². The lowest BCUT2D eigenvalue weighted by Crippen LogP contribution is -2.33. The molecule has 8 heteroatoms. The molecule has 160 valence electrons. The third-order valence-electron chi connectivity index (χ3n) is 5.13. The predicted octanol–water partition coefficient (Wildman–Crippen LogP) is 4.60. The number of hydrogen-bond donors (Lipinski definition) is 1. The largest absolute Gasteiger partial charge is 0.494 e. The van der Waals surface area contributed by atoms with Gasteiger partial charge in [0.15, 0.2) is 5.16 Å². The van der Waals surface area contributed by atoms with Crippen molar-refractivity contribution in [3.05, 3.63) is 80.6 Å². The summed E-state index contributed by atoms with van der Waals surface area (Å²) in [7, 11) is 1.81. The van der Waals surface area contributed by atoms with Gasteiger partial charge < -0.3 is 14.6 Å². The zero-order valence-electron chi connectivity index (χ0n) is 17.2. The molecule has 1 amide bonds. The molecule has 0 spiro atoms. The van der Waals surface area contributed by atoms with E-state index in [1.807, 2.05) is 62.5 Å². The Kier molecular flexibility index (Phi) is 6.34. The number of carbonyl (C=O) groups excluding carboxylic acids is 1. The molecule has 2 aromatic carbocycles. The van der Waals surface area contributed by atoms with Crippen LogP contribution in [0.3, 0.4) is 0 Å². The summed E-state index contributed by atoms with van der Waals surface area (Å²) in [6.45, 7) is 2.46. The Morgan fingerprint density at radius 1 is 1.23 bits per heavy atom. The molecule has 1 unspecified atom stereocenters. The number of carbonyl (C=O) groups is 1. The number of thioether (sulfide) groups is 1. The molecule has 6 nitrogen and oxygen atoms in total. The van der Waals surface area contributed by atoms with Crippen LogP contribution >= 0.6 is 23.4 Å². The fourth-order valence-corrected chi connectivity index (χ4v) is 4.83. The van der Waals surface area contributed by atoms with E-state index in [9.17, 15) is 9.59 Å². The fraction of sp³-hybridized carbons (Fsp3) is 0.261. The summed E-state index contributed by atoms with van der Waals surface area (Å²) in [5.74, 6) is 1.31. The van der Waals surface area contributed by atoms with Crippen LogP contribution in [0.4, 0.5) is 5.82 Å². The molecular weight excluding hydrogens is 434 g/mol. The van der Waals surface area contributed by atoms with Crippen molar-refractivity contribution in [1.82, 2.24) is 9.55 Å². The third-order valence-corrected chi connectivity index (χ3v) is 6.47. The second-order valence-corrected chi connectivity index (χ2v) is 8.63. The van der Waals surface area contributed by atoms with E-state index in [-0.39, 0.29) is 23.8 Å². The highest BCUT2D eigenvalue weighted by Crippen LogP contribution is 2.37. The molecule has 0 radical (unpaired) electrons. The molecule has 1 aromatic heterocycles. The highest BCUT2D eigenvalue weighted by Gasteiger charge is 2.32. The summed E-state index contributed by atoms with van der Waals surface area (Å²) in [6.07, 6.45) is 0.189. The van der Waals surface area contributed by atoms with E-state index in [0.29, 0.717) is 39.7 Å². The van der Waals surface area contributed by atoms with E-state index in [4.69, 9.17) is 16.3 Å². The number of halogens is 1. The normalized spacial score (nSPS) is 15.3. The van der Waals surface area contributed by atoms with Crippen molar-refractivity contribution in [1.29, 1.82) is 0 Å². The zero-order chi connectivity index (χ0) is 22.0. The number of anilines is 1. The van der Waals surface area contributed by atoms with Gasteiger partial charge in [-0.1, -0.05) is 47.6 Å². The summed E-state index contributed by atoms with van der Waals surface area (Å²) < 4.78 is 7.38. The van der Waals surface area contributed by atoms with Gasteiger partial charge in [0.2, 0.25) is 5.91 Å². The van der Waals surface area contributed by atoms with Gasteiger partial charge >= 0.3 is 0 Å². The Morgan fingerprint density at radius 2 is 2.03 bits per heavy atom. The van der Waals surface area contributed by atoms with Crippen molar-refractivity contribution < 1.29 is 9.53 Å². The van der Waals surface area contributed by atoms with E-state index in [1.165, 1.54) is 11.8 Å². The van der Waals surface area contributed by atoms with Gasteiger partial charge in [-0.25, -0.2) is 0 Å². The minimum atomic E-state index is -0.373. The summed E-state index contributed by atoms with van der Waals surface area (Å²) in [6, 6.07) is 15.1. The molecule has 0 bridgehead atoms. The lowest BCUT2D eigenvalue weighted by atomic mass is 9.86. The molecule has 31 heavy (non-hydrogen) atoms. The molecule has 0 fully saturated rings. The number of nitrogens with zero attached hydrogens (tertiary/aromatic N) is 2. The van der Waals surface area contributed by atoms with Crippen molar-refractivity contribution >= 4 is 35.1 Å². The molecule has 2 heterocycles. The molecule has 1 N–H and O–H groups in total. The van der Waals surface area contributed by atoms with Crippen LogP contribution in [0, 0.1) is 0 Å². The van der Waals surface area contributed by atoms with E-state index in [0.717, 1.165) is 11.1 Å². The van der Waals surface area contributed by atoms with Gasteiger partial charge in [0.25, 0.3) is 5.56 Å². The molecule has 1 aliphatic heterocycles. The molecule has 0 aliphatic carbocycles. The first kappa shape index (κ1) is 21.5. The first-order valence-corrected chi connectivity index (χ1v) is 11.3. The maximum atomic E-state index is 13.1. The van der Waals surface area contributed by atoms with Crippen LogP contribution in [0.15, 0.2) is 58.5 Å². The average Bonchev–Trinajstić information content (AvgIpc) is 2.75. The highest BCUT2D eigenvalue weighted by atomic mass is 35.5. The van der Waals surface area contributed by atoms with Crippen molar-refractivity contribution in [3.63, 3.8) is 0 Å². The van der Waals surface area contributed by atoms with Crippen LogP contribution in [0.5, 0.6) is 5.75 Å². The maximum Gasteiger partial charge on any atom is 0.279 e. The molecule has 3 aromatic rings. The Hall–Kier alpha value is -2.77. The molecule has 1 aliphatic rings. The molecule has 0 saturated heterocycles. The topological polar surface area (TPSA) is 73.2 Å². The first-order valence-electron chi connectivity index (χ1n) is 9.97. The lowest BCUT2D eigenvalue weighted by molar-refractivity contribution is -0.116. The van der Waals surface area contributed by atoms with Crippen LogP contribution in [0.2, 0.25) is 5.02 Å². The number of aromatic nitrogens is 2. The summed E-state index contributed by atoms with van der Waals surface area (Å²) in [4.78, 5) is 29.9. The Labute approximate surface area is 189 Å². The minimum Gasteiger partial charge on any atom is -0.494 e. The van der Waals surface area contributed by atoms with Crippen molar-refractivity contribution in [2.24, 2.45) is 7.05 Å². The average molecular weight is 456 g/mol. The summed E-state index contributed by atoms with van der Waals surface area (Å²) in [5, 5.41) is 4.07. The number of amides is 1. The number of fused-ring (bicyclic) bond motifs is 1. The molecule has 0 saturated carbocycles. The highest BCUT2D eigenvalue weighted by molar-refractivity contribution is 7.98. The number of ether oxygens (including phenoxy) is 1. The summed E-state index contributed by atoms with van der Waals surface area (Å²) >= 11 is 7.49. The van der Waals surface area contributed by atoms with Crippen LogP contribution in [-0.4, -0.2) is 22.1 Å². The van der Waals surface area contributed by atoms with Crippen LogP contribution < -0.4 is 15.6 Å². The van der Waals surface area contributed by atoms with Gasteiger partial charge in [0, 0.05) is 30.2 Å². The Morgan fingerprint density at radius 3 is 2.81 bits per heavy atom. The van der Waals surface area contributed by atoms with Crippen LogP contribution in [0.1, 0.15) is 36.0 Å². The van der Waals surface area contributed by atoms with Crippen LogP contribution in [0.25, 0.3) is 0 Å². The smallest absolute Gasteiger partial charge is 0.279 e. The number of nitrogens with one attached hydrogen (secondary N) is 1. The second kappa shape index (κ2) is 9.16. The second-order valence-electron chi connectivity index (χ2n) is 7.25. The molecule has 4 rings (SSSR count). The van der Waals surface area contributed by atoms with E-state index < -0.39 is 0 Å². The van der Waals surface area contributed by atoms with Gasteiger partial charge in [-0.2, -0.15) is 4.98 Å². The van der Waals surface area contributed by atoms with E-state index in [2.05, 4.69) is 10.3 Å². The van der Waals surface area contributed by atoms with Gasteiger partial charge in [0.1, 0.15) is 11.6 Å². The lowest BCUT2D eigenvalue weighted by Gasteiger charge is -2.27. The van der Waals surface area contributed by atoms with E-state index >= 15 is 0 Å². The Bertz CT molecular complexity index is 1190. The standard InChI is InChI=1S/C23H22ClN3O3S/c1-3-30-17-9-5-7-15(11-17)18-12-19(28)25-21-20(18)22(29)26-23(27(21)2)31-13-14-6-4-8-16(24)10-14/h4-11,18H,3,12-13H2,1-2H3,(H,25,28).